The third-order valence-electron chi connectivity index (χ3n) is 4.15. The number of ether oxygens (including phenoxy) is 2. The van der Waals surface area contributed by atoms with Gasteiger partial charge in [-0.2, -0.15) is 0 Å². The van der Waals surface area contributed by atoms with Crippen LogP contribution in [0.15, 0.2) is 41.3 Å². The zero-order valence-electron chi connectivity index (χ0n) is 16.8. The molecule has 3 rings (SSSR count). The van der Waals surface area contributed by atoms with Gasteiger partial charge in [-0.3, -0.25) is 14.5 Å². The maximum atomic E-state index is 13.2. The molecule has 0 bridgehead atoms. The fourth-order valence-corrected chi connectivity index (χ4v) is 3.91. The van der Waals surface area contributed by atoms with Gasteiger partial charge in [-0.05, 0) is 74.0 Å². The molecule has 2 aromatic rings. The number of carbonyl (C=O) groups excluding carboxylic acids is 2. The topological polar surface area (TPSA) is 55.8 Å². The Labute approximate surface area is 183 Å². The molecule has 0 spiro atoms. The Hall–Kier alpha value is -2.51. The molecule has 0 saturated carbocycles. The van der Waals surface area contributed by atoms with Gasteiger partial charge in [-0.15, -0.1) is 0 Å². The first-order valence-electron chi connectivity index (χ1n) is 9.41. The number of hydrogen-bond acceptors (Lipinski definition) is 5. The predicted molar refractivity (Wildman–Crippen MR) is 116 cm³/mol. The van der Waals surface area contributed by atoms with Crippen molar-refractivity contribution < 1.29 is 23.5 Å². The van der Waals surface area contributed by atoms with Gasteiger partial charge in [-0.25, -0.2) is 4.39 Å². The summed E-state index contributed by atoms with van der Waals surface area (Å²) in [6.07, 6.45) is 1.63. The summed E-state index contributed by atoms with van der Waals surface area (Å²) in [5.41, 5.74) is 1.20. The van der Waals surface area contributed by atoms with Crippen LogP contribution in [0.1, 0.15) is 31.9 Å². The Morgan fingerprint density at radius 1 is 1.17 bits per heavy atom. The zero-order valence-corrected chi connectivity index (χ0v) is 18.3. The standard InChI is InChI=1S/C22H21ClFNO4S/c1-4-28-19-9-14(5-8-18(19)29-13(2)3)10-20-21(26)25(22(27)30-20)12-15-6-7-16(24)11-17(15)23/h5-11,13H,4,12H2,1-3H3/b20-10-. The van der Waals surface area contributed by atoms with Gasteiger partial charge in [0, 0.05) is 5.02 Å². The van der Waals surface area contributed by atoms with E-state index in [9.17, 15) is 14.0 Å². The van der Waals surface area contributed by atoms with Crippen molar-refractivity contribution in [3.8, 4) is 11.5 Å². The minimum Gasteiger partial charge on any atom is -0.490 e. The van der Waals surface area contributed by atoms with E-state index in [2.05, 4.69) is 0 Å². The Morgan fingerprint density at radius 3 is 2.60 bits per heavy atom. The van der Waals surface area contributed by atoms with Gasteiger partial charge in [0.15, 0.2) is 11.5 Å². The molecule has 2 amide bonds. The van der Waals surface area contributed by atoms with Crippen molar-refractivity contribution in [3.05, 3.63) is 63.3 Å². The van der Waals surface area contributed by atoms with Gasteiger partial charge in [0.1, 0.15) is 5.82 Å². The van der Waals surface area contributed by atoms with Gasteiger partial charge in [0.2, 0.25) is 0 Å². The molecule has 0 aromatic heterocycles. The van der Waals surface area contributed by atoms with Crippen LogP contribution in [0.3, 0.4) is 0 Å². The lowest BCUT2D eigenvalue weighted by Crippen LogP contribution is -2.27. The molecule has 0 N–H and O–H groups in total. The molecule has 8 heteroatoms. The molecule has 0 aliphatic carbocycles. The number of amides is 2. The number of hydrogen-bond donors (Lipinski definition) is 0. The third-order valence-corrected chi connectivity index (χ3v) is 5.40. The van der Waals surface area contributed by atoms with Crippen LogP contribution >= 0.6 is 23.4 Å². The van der Waals surface area contributed by atoms with Crippen molar-refractivity contribution in [2.45, 2.75) is 33.4 Å². The average molecular weight is 450 g/mol. The highest BCUT2D eigenvalue weighted by Gasteiger charge is 2.35. The highest BCUT2D eigenvalue weighted by Crippen LogP contribution is 2.36. The van der Waals surface area contributed by atoms with E-state index >= 15 is 0 Å². The minimum atomic E-state index is -0.479. The molecular formula is C22H21ClFNO4S. The molecular weight excluding hydrogens is 429 g/mol. The predicted octanol–water partition coefficient (Wildman–Crippen LogP) is 5.90. The van der Waals surface area contributed by atoms with Gasteiger partial charge in [-0.1, -0.05) is 23.7 Å². The number of nitrogens with zero attached hydrogens (tertiary/aromatic N) is 1. The first-order valence-corrected chi connectivity index (χ1v) is 10.6. The smallest absolute Gasteiger partial charge is 0.293 e. The van der Waals surface area contributed by atoms with Crippen molar-refractivity contribution in [1.82, 2.24) is 4.90 Å². The highest BCUT2D eigenvalue weighted by molar-refractivity contribution is 8.18. The van der Waals surface area contributed by atoms with E-state index < -0.39 is 17.0 Å². The Morgan fingerprint density at radius 2 is 1.93 bits per heavy atom. The van der Waals surface area contributed by atoms with Gasteiger partial charge in [0.05, 0.1) is 24.2 Å². The second-order valence-corrected chi connectivity index (χ2v) is 8.21. The number of imide groups is 1. The molecule has 1 aliphatic heterocycles. The summed E-state index contributed by atoms with van der Waals surface area (Å²) < 4.78 is 24.6. The van der Waals surface area contributed by atoms with Crippen molar-refractivity contribution >= 4 is 40.6 Å². The molecule has 1 saturated heterocycles. The Kier molecular flexibility index (Phi) is 7.05. The molecule has 1 fully saturated rings. The van der Waals surface area contributed by atoms with Gasteiger partial charge >= 0.3 is 0 Å². The van der Waals surface area contributed by atoms with Crippen LogP contribution in [0, 0.1) is 5.82 Å². The van der Waals surface area contributed by atoms with E-state index in [0.29, 0.717) is 34.1 Å². The number of thioether (sulfide) groups is 1. The molecule has 5 nitrogen and oxygen atoms in total. The zero-order chi connectivity index (χ0) is 21.8. The van der Waals surface area contributed by atoms with Crippen LogP contribution in [0.5, 0.6) is 11.5 Å². The first kappa shape index (κ1) is 22.2. The second-order valence-electron chi connectivity index (χ2n) is 6.81. The maximum absolute atomic E-state index is 13.2. The molecule has 0 atom stereocenters. The fraction of sp³-hybridized carbons (Fsp3) is 0.273. The molecule has 0 radical (unpaired) electrons. The average Bonchev–Trinajstić information content (AvgIpc) is 2.93. The summed E-state index contributed by atoms with van der Waals surface area (Å²) in [5.74, 6) is 0.277. The van der Waals surface area contributed by atoms with Crippen molar-refractivity contribution in [1.29, 1.82) is 0 Å². The monoisotopic (exact) mass is 449 g/mol. The summed E-state index contributed by atoms with van der Waals surface area (Å²) in [4.78, 5) is 26.5. The normalized spacial score (nSPS) is 15.4. The van der Waals surface area contributed by atoms with E-state index in [1.54, 1.807) is 24.3 Å². The Bertz CT molecular complexity index is 1010. The second kappa shape index (κ2) is 9.53. The van der Waals surface area contributed by atoms with Crippen LogP contribution in [0.25, 0.3) is 6.08 Å². The largest absolute Gasteiger partial charge is 0.490 e. The van der Waals surface area contributed by atoms with E-state index in [1.165, 1.54) is 12.1 Å². The Balaban J connectivity index is 1.83. The highest BCUT2D eigenvalue weighted by atomic mass is 35.5. The molecule has 0 unspecified atom stereocenters. The van der Waals surface area contributed by atoms with Crippen LogP contribution in [0.4, 0.5) is 9.18 Å². The minimum absolute atomic E-state index is 0.00941. The van der Waals surface area contributed by atoms with E-state index in [0.717, 1.165) is 22.7 Å². The SMILES string of the molecule is CCOc1cc(/C=C2\SC(=O)N(Cc3ccc(F)cc3Cl)C2=O)ccc1OC(C)C. The number of rotatable bonds is 7. The fourth-order valence-electron chi connectivity index (χ4n) is 2.84. The van der Waals surface area contributed by atoms with Crippen molar-refractivity contribution in [2.75, 3.05) is 6.61 Å². The summed E-state index contributed by atoms with van der Waals surface area (Å²) in [6.45, 7) is 6.16. The summed E-state index contributed by atoms with van der Waals surface area (Å²) in [6, 6.07) is 9.21. The number of carbonyl (C=O) groups is 2. The molecule has 30 heavy (non-hydrogen) atoms. The summed E-state index contributed by atoms with van der Waals surface area (Å²) in [7, 11) is 0. The van der Waals surface area contributed by atoms with E-state index in [-0.39, 0.29) is 17.7 Å². The summed E-state index contributed by atoms with van der Waals surface area (Å²) >= 11 is 6.88. The first-order chi connectivity index (χ1) is 14.3. The molecule has 2 aromatic carbocycles. The van der Waals surface area contributed by atoms with Crippen molar-refractivity contribution in [3.63, 3.8) is 0 Å². The lowest BCUT2D eigenvalue weighted by molar-refractivity contribution is -0.123. The lowest BCUT2D eigenvalue weighted by Gasteiger charge is -2.15. The van der Waals surface area contributed by atoms with Gasteiger partial charge in [0.25, 0.3) is 11.1 Å². The van der Waals surface area contributed by atoms with E-state index in [4.69, 9.17) is 21.1 Å². The third kappa shape index (κ3) is 5.15. The number of benzene rings is 2. The quantitative estimate of drug-likeness (QED) is 0.492. The maximum Gasteiger partial charge on any atom is 0.293 e. The summed E-state index contributed by atoms with van der Waals surface area (Å²) in [5, 5.41) is -0.239. The van der Waals surface area contributed by atoms with Crippen LogP contribution in [0.2, 0.25) is 5.02 Å². The lowest BCUT2D eigenvalue weighted by atomic mass is 10.1. The molecule has 1 heterocycles. The number of halogens is 2. The van der Waals surface area contributed by atoms with Crippen LogP contribution < -0.4 is 9.47 Å². The molecule has 1 aliphatic rings. The van der Waals surface area contributed by atoms with Crippen LogP contribution in [-0.2, 0) is 11.3 Å². The van der Waals surface area contributed by atoms with Crippen LogP contribution in [-0.4, -0.2) is 28.8 Å². The van der Waals surface area contributed by atoms with Crippen molar-refractivity contribution in [2.24, 2.45) is 0 Å². The van der Waals surface area contributed by atoms with Gasteiger partial charge < -0.3 is 9.47 Å². The van der Waals surface area contributed by atoms with E-state index in [1.807, 2.05) is 20.8 Å². The molecule has 158 valence electrons.